The van der Waals surface area contributed by atoms with Crippen molar-refractivity contribution in [1.29, 1.82) is 0 Å². The summed E-state index contributed by atoms with van der Waals surface area (Å²) in [6.07, 6.45) is 0. The standard InChI is InChI=1S/C15H9N2O4/c18-13-10-7-4-8-11(15(19)20)12(10)16-14(13)17(21)9-5-2-1-3-6-9/h1-8H,(H,19,20)/q-1. The summed E-state index contributed by atoms with van der Waals surface area (Å²) in [7, 11) is 0. The molecule has 0 spiro atoms. The second-order valence-electron chi connectivity index (χ2n) is 4.40. The van der Waals surface area contributed by atoms with Crippen LogP contribution in [0.5, 0.6) is 0 Å². The van der Waals surface area contributed by atoms with Crippen molar-refractivity contribution in [3.05, 3.63) is 64.9 Å². The summed E-state index contributed by atoms with van der Waals surface area (Å²) in [5, 5.41) is 21.7. The number of aliphatic imine (C=N–C) groups is 1. The fraction of sp³-hybridized carbons (Fsp3) is 0. The first-order chi connectivity index (χ1) is 10.1. The van der Waals surface area contributed by atoms with Gasteiger partial charge < -0.3 is 15.4 Å². The number of rotatable bonds is 2. The molecule has 1 heterocycles. The molecule has 2 aromatic rings. The van der Waals surface area contributed by atoms with E-state index in [4.69, 9.17) is 5.11 Å². The van der Waals surface area contributed by atoms with Gasteiger partial charge in [0.25, 0.3) is 0 Å². The van der Waals surface area contributed by atoms with Gasteiger partial charge in [0, 0.05) is 5.69 Å². The van der Waals surface area contributed by atoms with Crippen molar-refractivity contribution < 1.29 is 14.7 Å². The van der Waals surface area contributed by atoms with Crippen LogP contribution in [0.4, 0.5) is 11.4 Å². The van der Waals surface area contributed by atoms with Gasteiger partial charge in [0.15, 0.2) is 5.84 Å². The fourth-order valence-electron chi connectivity index (χ4n) is 2.12. The normalized spacial score (nSPS) is 12.8. The SMILES string of the molecule is O=C(O)c1cccc2c1N=C(N([O-])c1ccccc1)C2=O. The number of Topliss-reactive ketones (excluding diaryl/α,β-unsaturated/α-hetero) is 1. The number of hydrogen-bond donors (Lipinski definition) is 1. The first-order valence-corrected chi connectivity index (χ1v) is 6.11. The zero-order chi connectivity index (χ0) is 15.0. The average Bonchev–Trinajstić information content (AvgIpc) is 2.84. The number of carbonyl (C=O) groups excluding carboxylic acids is 1. The molecule has 6 heteroatoms. The highest BCUT2D eigenvalue weighted by molar-refractivity contribution is 6.53. The summed E-state index contributed by atoms with van der Waals surface area (Å²) in [5.41, 5.74) is 0.315. The molecule has 3 rings (SSSR count). The van der Waals surface area contributed by atoms with Crippen molar-refractivity contribution >= 4 is 29.0 Å². The molecule has 21 heavy (non-hydrogen) atoms. The molecule has 0 saturated carbocycles. The van der Waals surface area contributed by atoms with Gasteiger partial charge in [0.1, 0.15) is 0 Å². The van der Waals surface area contributed by atoms with Crippen molar-refractivity contribution in [3.63, 3.8) is 0 Å². The molecule has 0 radical (unpaired) electrons. The van der Waals surface area contributed by atoms with Crippen LogP contribution >= 0.6 is 0 Å². The van der Waals surface area contributed by atoms with Crippen molar-refractivity contribution in [2.75, 3.05) is 5.06 Å². The molecule has 0 aromatic heterocycles. The molecule has 1 N–H and O–H groups in total. The molecule has 1 aliphatic rings. The van der Waals surface area contributed by atoms with Gasteiger partial charge in [-0.3, -0.25) is 4.79 Å². The van der Waals surface area contributed by atoms with E-state index in [2.05, 4.69) is 4.99 Å². The summed E-state index contributed by atoms with van der Waals surface area (Å²) in [4.78, 5) is 27.3. The van der Waals surface area contributed by atoms with Gasteiger partial charge in [-0.2, -0.15) is 0 Å². The van der Waals surface area contributed by atoms with E-state index in [1.54, 1.807) is 30.3 Å². The second kappa shape index (κ2) is 4.84. The van der Waals surface area contributed by atoms with Gasteiger partial charge in [-0.05, 0) is 24.3 Å². The molecule has 6 nitrogen and oxygen atoms in total. The molecule has 2 aromatic carbocycles. The predicted molar refractivity (Wildman–Crippen MR) is 77.1 cm³/mol. The van der Waals surface area contributed by atoms with Crippen LogP contribution in [0.15, 0.2) is 53.5 Å². The van der Waals surface area contributed by atoms with Gasteiger partial charge in [-0.1, -0.05) is 24.3 Å². The quantitative estimate of drug-likeness (QED) is 0.854. The van der Waals surface area contributed by atoms with Crippen molar-refractivity contribution in [1.82, 2.24) is 0 Å². The predicted octanol–water partition coefficient (Wildman–Crippen LogP) is 2.62. The lowest BCUT2D eigenvalue weighted by atomic mass is 10.1. The van der Waals surface area contributed by atoms with Gasteiger partial charge in [-0.15, -0.1) is 0 Å². The number of aromatic carboxylic acids is 1. The molecular formula is C15H9N2O4-. The van der Waals surface area contributed by atoms with Gasteiger partial charge in [0.05, 0.1) is 16.8 Å². The lowest BCUT2D eigenvalue weighted by Crippen LogP contribution is -2.29. The average molecular weight is 281 g/mol. The maximum Gasteiger partial charge on any atom is 0.337 e. The lowest BCUT2D eigenvalue weighted by Gasteiger charge is -2.29. The summed E-state index contributed by atoms with van der Waals surface area (Å²) in [6, 6.07) is 12.4. The van der Waals surface area contributed by atoms with Gasteiger partial charge in [0.2, 0.25) is 5.78 Å². The first-order valence-electron chi connectivity index (χ1n) is 6.11. The number of carbonyl (C=O) groups is 2. The number of anilines is 1. The number of carboxylic acids is 1. The maximum atomic E-state index is 12.2. The number of benzene rings is 2. The Labute approximate surface area is 119 Å². The molecular weight excluding hydrogens is 272 g/mol. The van der Waals surface area contributed by atoms with Crippen LogP contribution in [0, 0.1) is 5.21 Å². The Balaban J connectivity index is 2.07. The minimum atomic E-state index is -1.19. The molecule has 0 aliphatic carbocycles. The van der Waals surface area contributed by atoms with Crippen molar-refractivity contribution in [2.45, 2.75) is 0 Å². The highest BCUT2D eigenvalue weighted by Gasteiger charge is 2.29. The van der Waals surface area contributed by atoms with E-state index in [0.717, 1.165) is 0 Å². The zero-order valence-electron chi connectivity index (χ0n) is 10.7. The Morgan fingerprint density at radius 2 is 1.81 bits per heavy atom. The Morgan fingerprint density at radius 3 is 2.48 bits per heavy atom. The third kappa shape index (κ3) is 2.07. The van der Waals surface area contributed by atoms with E-state index < -0.39 is 11.8 Å². The summed E-state index contributed by atoms with van der Waals surface area (Å²) in [5.74, 6) is -2.10. The number of amidine groups is 1. The van der Waals surface area contributed by atoms with E-state index in [9.17, 15) is 14.8 Å². The maximum absolute atomic E-state index is 12.2. The monoisotopic (exact) mass is 281 g/mol. The first kappa shape index (κ1) is 13.0. The van der Waals surface area contributed by atoms with Gasteiger partial charge >= 0.3 is 5.97 Å². The molecule has 0 fully saturated rings. The Bertz CT molecular complexity index is 768. The van der Waals surface area contributed by atoms with Crippen LogP contribution in [0.3, 0.4) is 0 Å². The largest absolute Gasteiger partial charge is 0.753 e. The zero-order valence-corrected chi connectivity index (χ0v) is 10.7. The van der Waals surface area contributed by atoms with Crippen LogP contribution in [-0.2, 0) is 0 Å². The van der Waals surface area contributed by atoms with E-state index in [1.165, 1.54) is 18.2 Å². The Hall–Kier alpha value is -2.99. The van der Waals surface area contributed by atoms with E-state index in [-0.39, 0.29) is 28.3 Å². The van der Waals surface area contributed by atoms with E-state index in [0.29, 0.717) is 5.06 Å². The third-order valence-corrected chi connectivity index (χ3v) is 3.11. The molecule has 0 unspecified atom stereocenters. The Morgan fingerprint density at radius 1 is 1.10 bits per heavy atom. The van der Waals surface area contributed by atoms with Crippen LogP contribution < -0.4 is 5.06 Å². The number of fused-ring (bicyclic) bond motifs is 1. The molecule has 0 saturated heterocycles. The summed E-state index contributed by atoms with van der Waals surface area (Å²) >= 11 is 0. The minimum absolute atomic E-state index is 0.0294. The summed E-state index contributed by atoms with van der Waals surface area (Å²) < 4.78 is 0. The highest BCUT2D eigenvalue weighted by Crippen LogP contribution is 2.32. The minimum Gasteiger partial charge on any atom is -0.753 e. The number of hydroxylamine groups is 1. The van der Waals surface area contributed by atoms with Crippen LogP contribution in [0.1, 0.15) is 20.7 Å². The Kier molecular flexibility index (Phi) is 3.00. The highest BCUT2D eigenvalue weighted by atomic mass is 16.5. The van der Waals surface area contributed by atoms with Crippen molar-refractivity contribution in [2.24, 2.45) is 4.99 Å². The van der Waals surface area contributed by atoms with Gasteiger partial charge in [-0.25, -0.2) is 9.79 Å². The number of para-hydroxylation sites is 2. The smallest absolute Gasteiger partial charge is 0.337 e. The number of nitrogens with zero attached hydrogens (tertiary/aromatic N) is 2. The van der Waals surface area contributed by atoms with E-state index in [1.807, 2.05) is 0 Å². The summed E-state index contributed by atoms with van der Waals surface area (Å²) in [6.45, 7) is 0. The van der Waals surface area contributed by atoms with Crippen LogP contribution in [0.2, 0.25) is 0 Å². The third-order valence-electron chi connectivity index (χ3n) is 3.11. The number of hydrogen-bond acceptors (Lipinski definition) is 5. The fourth-order valence-corrected chi connectivity index (χ4v) is 2.12. The lowest BCUT2D eigenvalue weighted by molar-refractivity contribution is 0.0698. The molecule has 0 bridgehead atoms. The van der Waals surface area contributed by atoms with E-state index >= 15 is 0 Å². The topological polar surface area (TPSA) is 93.0 Å². The molecule has 0 amide bonds. The molecule has 1 aliphatic heterocycles. The van der Waals surface area contributed by atoms with Crippen LogP contribution in [0.25, 0.3) is 0 Å². The van der Waals surface area contributed by atoms with Crippen molar-refractivity contribution in [3.8, 4) is 0 Å². The molecule has 0 atom stereocenters. The van der Waals surface area contributed by atoms with Crippen LogP contribution in [-0.4, -0.2) is 22.7 Å². The molecule has 104 valence electrons. The second-order valence-corrected chi connectivity index (χ2v) is 4.40. The number of ketones is 1. The number of carboxylic acid groups (broad SMARTS) is 1.